The van der Waals surface area contributed by atoms with Crippen LogP contribution in [0.3, 0.4) is 0 Å². The zero-order valence-corrected chi connectivity index (χ0v) is 13.6. The van der Waals surface area contributed by atoms with Crippen molar-refractivity contribution in [3.8, 4) is 0 Å². The molecule has 0 saturated carbocycles. The summed E-state index contributed by atoms with van der Waals surface area (Å²) in [6.07, 6.45) is 3.45. The molecule has 1 aliphatic heterocycles. The number of nitrogens with zero attached hydrogens (tertiary/aromatic N) is 1. The third kappa shape index (κ3) is 5.30. The smallest absolute Gasteiger partial charge is 0.308 e. The molecule has 2 atom stereocenters. The minimum Gasteiger partial charge on any atom is -0.481 e. The Morgan fingerprint density at radius 2 is 1.95 bits per heavy atom. The second kappa shape index (κ2) is 7.77. The van der Waals surface area contributed by atoms with Gasteiger partial charge in [-0.3, -0.25) is 9.59 Å². The molecule has 122 valence electrons. The van der Waals surface area contributed by atoms with Crippen molar-refractivity contribution in [1.82, 2.24) is 4.90 Å². The number of aliphatic carboxylic acids is 1. The van der Waals surface area contributed by atoms with Crippen molar-refractivity contribution in [3.05, 3.63) is 0 Å². The SMILES string of the molecule is CCCCCS(=O)(=O)CC(=O)N1CCC[C@H](C(=O)O)[C@@H]1C. The van der Waals surface area contributed by atoms with Gasteiger partial charge in [0.25, 0.3) is 0 Å². The Morgan fingerprint density at radius 1 is 1.29 bits per heavy atom. The van der Waals surface area contributed by atoms with E-state index in [4.69, 9.17) is 5.11 Å². The summed E-state index contributed by atoms with van der Waals surface area (Å²) >= 11 is 0. The van der Waals surface area contributed by atoms with E-state index in [-0.39, 0.29) is 5.75 Å². The van der Waals surface area contributed by atoms with Crippen molar-refractivity contribution >= 4 is 21.7 Å². The molecule has 0 aromatic carbocycles. The lowest BCUT2D eigenvalue weighted by Gasteiger charge is -2.37. The van der Waals surface area contributed by atoms with Crippen LogP contribution < -0.4 is 0 Å². The molecule has 1 aliphatic rings. The highest BCUT2D eigenvalue weighted by Gasteiger charge is 2.36. The van der Waals surface area contributed by atoms with Gasteiger partial charge in [0.15, 0.2) is 9.84 Å². The summed E-state index contributed by atoms with van der Waals surface area (Å²) in [6.45, 7) is 4.10. The van der Waals surface area contributed by atoms with Crippen molar-refractivity contribution in [2.75, 3.05) is 18.1 Å². The number of carboxylic acids is 1. The van der Waals surface area contributed by atoms with E-state index in [0.29, 0.717) is 25.8 Å². The number of sulfone groups is 1. The highest BCUT2D eigenvalue weighted by atomic mass is 32.2. The first-order chi connectivity index (χ1) is 9.78. The summed E-state index contributed by atoms with van der Waals surface area (Å²) < 4.78 is 23.8. The fourth-order valence-electron chi connectivity index (χ4n) is 2.74. The second-order valence-electron chi connectivity index (χ2n) is 5.71. The summed E-state index contributed by atoms with van der Waals surface area (Å²) in [5.74, 6) is -2.48. The van der Waals surface area contributed by atoms with Gasteiger partial charge in [-0.2, -0.15) is 0 Å². The van der Waals surface area contributed by atoms with Gasteiger partial charge in [-0.15, -0.1) is 0 Å². The zero-order chi connectivity index (χ0) is 16.0. The molecule has 1 N–H and O–H groups in total. The van der Waals surface area contributed by atoms with Crippen LogP contribution in [0.1, 0.15) is 46.0 Å². The number of carbonyl (C=O) groups excluding carboxylic acids is 1. The first kappa shape index (κ1) is 17.9. The van der Waals surface area contributed by atoms with Crippen LogP contribution in [0.5, 0.6) is 0 Å². The summed E-state index contributed by atoms with van der Waals surface area (Å²) in [5.41, 5.74) is 0. The van der Waals surface area contributed by atoms with Gasteiger partial charge in [0.05, 0.1) is 11.7 Å². The van der Waals surface area contributed by atoms with Crippen molar-refractivity contribution in [3.63, 3.8) is 0 Å². The number of hydrogen-bond acceptors (Lipinski definition) is 4. The molecule has 0 aromatic heterocycles. The Hall–Kier alpha value is -1.11. The number of carboxylic acid groups (broad SMARTS) is 1. The Labute approximate surface area is 126 Å². The highest BCUT2D eigenvalue weighted by Crippen LogP contribution is 2.24. The predicted octanol–water partition coefficient (Wildman–Crippen LogP) is 1.30. The summed E-state index contributed by atoms with van der Waals surface area (Å²) in [7, 11) is -3.40. The summed E-state index contributed by atoms with van der Waals surface area (Å²) in [5, 5.41) is 9.13. The molecule has 7 heteroatoms. The normalized spacial score (nSPS) is 23.0. The molecule has 0 bridgehead atoms. The van der Waals surface area contributed by atoms with E-state index in [9.17, 15) is 18.0 Å². The summed E-state index contributed by atoms with van der Waals surface area (Å²) in [6, 6.07) is -0.449. The lowest BCUT2D eigenvalue weighted by molar-refractivity contribution is -0.148. The van der Waals surface area contributed by atoms with E-state index in [2.05, 4.69) is 0 Å². The molecule has 0 aromatic rings. The maximum absolute atomic E-state index is 12.2. The number of rotatable bonds is 7. The van der Waals surface area contributed by atoms with Gasteiger partial charge in [-0.25, -0.2) is 8.42 Å². The van der Waals surface area contributed by atoms with E-state index in [1.54, 1.807) is 6.92 Å². The van der Waals surface area contributed by atoms with Crippen molar-refractivity contribution in [1.29, 1.82) is 0 Å². The number of hydrogen-bond donors (Lipinski definition) is 1. The Balaban J connectivity index is 2.64. The van der Waals surface area contributed by atoms with Gasteiger partial charge in [0, 0.05) is 12.6 Å². The van der Waals surface area contributed by atoms with E-state index < -0.39 is 39.4 Å². The average Bonchev–Trinajstić information content (AvgIpc) is 2.38. The van der Waals surface area contributed by atoms with E-state index in [1.807, 2.05) is 6.92 Å². The molecular formula is C14H25NO5S. The van der Waals surface area contributed by atoms with Crippen LogP contribution in [0.4, 0.5) is 0 Å². The van der Waals surface area contributed by atoms with Gasteiger partial charge in [-0.1, -0.05) is 19.8 Å². The molecule has 0 radical (unpaired) electrons. The minimum absolute atomic E-state index is 0.0250. The Kier molecular flexibility index (Phi) is 6.64. The number of unbranched alkanes of at least 4 members (excludes halogenated alkanes) is 2. The maximum Gasteiger partial charge on any atom is 0.308 e. The van der Waals surface area contributed by atoms with Crippen LogP contribution in [-0.2, 0) is 19.4 Å². The number of piperidine rings is 1. The maximum atomic E-state index is 12.2. The molecule has 1 rings (SSSR count). The first-order valence-corrected chi connectivity index (χ1v) is 9.33. The van der Waals surface area contributed by atoms with E-state index in [1.165, 1.54) is 4.90 Å². The quantitative estimate of drug-likeness (QED) is 0.714. The van der Waals surface area contributed by atoms with Gasteiger partial charge < -0.3 is 10.0 Å². The molecule has 0 aliphatic carbocycles. The molecule has 0 spiro atoms. The lowest BCUT2D eigenvalue weighted by Crippen LogP contribution is -2.50. The molecule has 1 amide bonds. The van der Waals surface area contributed by atoms with Crippen LogP contribution in [0, 0.1) is 5.92 Å². The largest absolute Gasteiger partial charge is 0.481 e. The molecule has 1 saturated heterocycles. The predicted molar refractivity (Wildman–Crippen MR) is 79.7 cm³/mol. The van der Waals surface area contributed by atoms with Gasteiger partial charge in [-0.05, 0) is 26.2 Å². The van der Waals surface area contributed by atoms with Crippen molar-refractivity contribution in [2.24, 2.45) is 5.92 Å². The highest BCUT2D eigenvalue weighted by molar-refractivity contribution is 7.92. The molecule has 1 fully saturated rings. The van der Waals surface area contributed by atoms with Crippen LogP contribution in [0.25, 0.3) is 0 Å². The van der Waals surface area contributed by atoms with Crippen LogP contribution >= 0.6 is 0 Å². The number of likely N-dealkylation sites (tertiary alicyclic amines) is 1. The second-order valence-corrected chi connectivity index (χ2v) is 7.90. The molecule has 6 nitrogen and oxygen atoms in total. The molecular weight excluding hydrogens is 294 g/mol. The monoisotopic (exact) mass is 319 g/mol. The third-order valence-electron chi connectivity index (χ3n) is 4.03. The van der Waals surface area contributed by atoms with Gasteiger partial charge in [0.2, 0.25) is 5.91 Å². The van der Waals surface area contributed by atoms with Crippen LogP contribution in [0.2, 0.25) is 0 Å². The van der Waals surface area contributed by atoms with Crippen LogP contribution in [0.15, 0.2) is 0 Å². The molecule has 0 unspecified atom stereocenters. The van der Waals surface area contributed by atoms with Crippen LogP contribution in [-0.4, -0.2) is 54.4 Å². The lowest BCUT2D eigenvalue weighted by atomic mass is 9.90. The topological polar surface area (TPSA) is 91.8 Å². The first-order valence-electron chi connectivity index (χ1n) is 7.51. The number of carbonyl (C=O) groups is 2. The average molecular weight is 319 g/mol. The molecule has 21 heavy (non-hydrogen) atoms. The van der Waals surface area contributed by atoms with Gasteiger partial charge in [0.1, 0.15) is 5.75 Å². The Morgan fingerprint density at radius 3 is 2.52 bits per heavy atom. The zero-order valence-electron chi connectivity index (χ0n) is 12.7. The fourth-order valence-corrected chi connectivity index (χ4v) is 4.07. The summed E-state index contributed by atoms with van der Waals surface area (Å²) in [4.78, 5) is 24.7. The van der Waals surface area contributed by atoms with E-state index >= 15 is 0 Å². The Bertz CT molecular complexity index is 474. The standard InChI is InChI=1S/C14H25NO5S/c1-3-4-5-9-21(19,20)10-13(16)15-8-6-7-12(11(15)2)14(17)18/h11-12H,3-10H2,1-2H3,(H,17,18)/t11-,12-/m0/s1. The van der Waals surface area contributed by atoms with Gasteiger partial charge >= 0.3 is 5.97 Å². The minimum atomic E-state index is -3.40. The third-order valence-corrected chi connectivity index (χ3v) is 5.63. The number of amides is 1. The fraction of sp³-hybridized carbons (Fsp3) is 0.857. The molecule has 1 heterocycles. The van der Waals surface area contributed by atoms with Crippen molar-refractivity contribution in [2.45, 2.75) is 52.0 Å². The van der Waals surface area contributed by atoms with E-state index in [0.717, 1.165) is 12.8 Å². The van der Waals surface area contributed by atoms with Crippen molar-refractivity contribution < 1.29 is 23.1 Å².